The maximum atomic E-state index is 12.4. The lowest BCUT2D eigenvalue weighted by molar-refractivity contribution is 0.0597. The summed E-state index contributed by atoms with van der Waals surface area (Å²) in [6.07, 6.45) is 0. The number of anilines is 1. The fraction of sp³-hybridized carbons (Fsp3) is 0.0769. The number of esters is 1. The molecule has 0 saturated carbocycles. The number of hydrogen-bond donors (Lipinski definition) is 1. The quantitative estimate of drug-likeness (QED) is 0.287. The van der Waals surface area contributed by atoms with Crippen molar-refractivity contribution in [2.75, 3.05) is 20.0 Å². The number of pyridine rings is 1. The maximum Gasteiger partial charge on any atom is 0.341 e. The lowest BCUT2D eigenvalue weighted by Gasteiger charge is -2.12. The van der Waals surface area contributed by atoms with Crippen LogP contribution in [0.3, 0.4) is 0 Å². The van der Waals surface area contributed by atoms with Gasteiger partial charge >= 0.3 is 5.97 Å². The monoisotopic (exact) mass is 472 g/mol. The summed E-state index contributed by atoms with van der Waals surface area (Å²) < 4.78 is 10.4. The minimum atomic E-state index is -0.458. The van der Waals surface area contributed by atoms with Crippen LogP contribution in [0.2, 0.25) is 0 Å². The highest BCUT2D eigenvalue weighted by molar-refractivity contribution is 7.22. The second-order valence-corrected chi connectivity index (χ2v) is 9.28. The van der Waals surface area contributed by atoms with Crippen LogP contribution in [0.4, 0.5) is 5.69 Å². The van der Waals surface area contributed by atoms with Gasteiger partial charge in [0.15, 0.2) is 0 Å². The average Bonchev–Trinajstić information content (AvgIpc) is 3.52. The van der Waals surface area contributed by atoms with E-state index in [1.165, 1.54) is 14.2 Å². The van der Waals surface area contributed by atoms with Gasteiger partial charge < -0.3 is 15.2 Å². The summed E-state index contributed by atoms with van der Waals surface area (Å²) in [4.78, 5) is 20.3. The summed E-state index contributed by atoms with van der Waals surface area (Å²) in [5.41, 5.74) is 11.4. The fourth-order valence-electron chi connectivity index (χ4n) is 3.85. The standard InChI is InChI=1S/C26H20N2O3S2/c1-30-20-11-10-16(13-18(20)26(29)31-2)17-14-19(21-9-6-12-32-21)28-25-22(17)23(27)24(33-25)15-7-4-3-5-8-15/h3-14H,27H2,1-2H3. The SMILES string of the molecule is COC(=O)c1cc(-c2cc(-c3cccs3)nc3sc(-c4ccccc4)c(N)c23)ccc1OC. The van der Waals surface area contributed by atoms with Crippen molar-refractivity contribution in [2.24, 2.45) is 0 Å². The largest absolute Gasteiger partial charge is 0.496 e. The van der Waals surface area contributed by atoms with Gasteiger partial charge in [-0.1, -0.05) is 42.5 Å². The van der Waals surface area contributed by atoms with Crippen LogP contribution >= 0.6 is 22.7 Å². The molecule has 164 valence electrons. The van der Waals surface area contributed by atoms with E-state index in [-0.39, 0.29) is 0 Å². The Morgan fingerprint density at radius 1 is 0.970 bits per heavy atom. The molecule has 5 rings (SSSR count). The summed E-state index contributed by atoms with van der Waals surface area (Å²) in [5, 5.41) is 2.90. The number of nitrogen functional groups attached to an aromatic ring is 1. The number of nitrogens with zero attached hydrogens (tertiary/aromatic N) is 1. The molecule has 33 heavy (non-hydrogen) atoms. The second kappa shape index (κ2) is 8.69. The highest BCUT2D eigenvalue weighted by Crippen LogP contribution is 2.46. The van der Waals surface area contributed by atoms with E-state index < -0.39 is 5.97 Å². The molecule has 0 bridgehead atoms. The Hall–Kier alpha value is -3.68. The van der Waals surface area contributed by atoms with E-state index in [0.717, 1.165) is 42.4 Å². The van der Waals surface area contributed by atoms with Crippen LogP contribution in [0.15, 0.2) is 72.1 Å². The number of carbonyl (C=O) groups excluding carboxylic acids is 1. The average molecular weight is 473 g/mol. The molecule has 2 aromatic carbocycles. The molecule has 2 N–H and O–H groups in total. The van der Waals surface area contributed by atoms with E-state index in [2.05, 4.69) is 0 Å². The van der Waals surface area contributed by atoms with Gasteiger partial charge in [-0.2, -0.15) is 0 Å². The zero-order valence-electron chi connectivity index (χ0n) is 18.0. The van der Waals surface area contributed by atoms with Gasteiger partial charge in [0.05, 0.1) is 35.4 Å². The molecule has 0 aliphatic carbocycles. The van der Waals surface area contributed by atoms with Crippen LogP contribution < -0.4 is 10.5 Å². The van der Waals surface area contributed by atoms with E-state index in [4.69, 9.17) is 20.2 Å². The van der Waals surface area contributed by atoms with E-state index in [1.54, 1.807) is 34.8 Å². The third kappa shape index (κ3) is 3.75. The number of thiophene rings is 2. The maximum absolute atomic E-state index is 12.4. The molecule has 0 aliphatic heterocycles. The van der Waals surface area contributed by atoms with E-state index >= 15 is 0 Å². The van der Waals surface area contributed by atoms with Gasteiger partial charge in [0, 0.05) is 5.39 Å². The molecule has 3 heterocycles. The van der Waals surface area contributed by atoms with Gasteiger partial charge in [-0.15, -0.1) is 22.7 Å². The van der Waals surface area contributed by atoms with Crippen LogP contribution in [0.25, 0.3) is 42.4 Å². The molecule has 5 nitrogen and oxygen atoms in total. The molecular formula is C26H20N2O3S2. The molecule has 3 aromatic heterocycles. The molecule has 5 aromatic rings. The number of rotatable bonds is 5. The highest BCUT2D eigenvalue weighted by atomic mass is 32.1. The Kier molecular flexibility index (Phi) is 5.58. The Morgan fingerprint density at radius 2 is 1.79 bits per heavy atom. The first-order valence-electron chi connectivity index (χ1n) is 10.2. The lowest BCUT2D eigenvalue weighted by atomic mass is 9.98. The van der Waals surface area contributed by atoms with Crippen LogP contribution in [-0.2, 0) is 4.74 Å². The normalized spacial score (nSPS) is 11.0. The van der Waals surface area contributed by atoms with Gasteiger partial charge in [-0.05, 0) is 46.3 Å². The summed E-state index contributed by atoms with van der Waals surface area (Å²) in [7, 11) is 2.89. The van der Waals surface area contributed by atoms with Crippen molar-refractivity contribution in [3.8, 4) is 37.9 Å². The van der Waals surface area contributed by atoms with E-state index in [0.29, 0.717) is 17.0 Å². The van der Waals surface area contributed by atoms with Crippen LogP contribution in [0.1, 0.15) is 10.4 Å². The second-order valence-electron chi connectivity index (χ2n) is 7.33. The van der Waals surface area contributed by atoms with E-state index in [9.17, 15) is 4.79 Å². The van der Waals surface area contributed by atoms with Crippen LogP contribution in [-0.4, -0.2) is 25.2 Å². The molecular weight excluding hydrogens is 452 g/mol. The molecule has 0 atom stereocenters. The zero-order valence-corrected chi connectivity index (χ0v) is 19.6. The van der Waals surface area contributed by atoms with Crippen molar-refractivity contribution in [2.45, 2.75) is 0 Å². The van der Waals surface area contributed by atoms with Crippen LogP contribution in [0.5, 0.6) is 5.75 Å². The van der Waals surface area contributed by atoms with E-state index in [1.807, 2.05) is 60.0 Å². The topological polar surface area (TPSA) is 74.4 Å². The Morgan fingerprint density at radius 3 is 2.48 bits per heavy atom. The van der Waals surface area contributed by atoms with Crippen molar-refractivity contribution in [3.05, 3.63) is 77.7 Å². The molecule has 0 saturated heterocycles. The third-order valence-electron chi connectivity index (χ3n) is 5.42. The van der Waals surface area contributed by atoms with Gasteiger partial charge in [0.1, 0.15) is 16.1 Å². The molecule has 0 radical (unpaired) electrons. The Balaban J connectivity index is 1.80. The smallest absolute Gasteiger partial charge is 0.341 e. The first kappa shape index (κ1) is 21.2. The van der Waals surface area contributed by atoms with Crippen molar-refractivity contribution in [3.63, 3.8) is 0 Å². The van der Waals surface area contributed by atoms with Gasteiger partial charge in [-0.3, -0.25) is 0 Å². The molecule has 0 aliphatic rings. The van der Waals surface area contributed by atoms with Gasteiger partial charge in [-0.25, -0.2) is 9.78 Å². The highest BCUT2D eigenvalue weighted by Gasteiger charge is 2.21. The minimum Gasteiger partial charge on any atom is -0.496 e. The summed E-state index contributed by atoms with van der Waals surface area (Å²) in [6.45, 7) is 0. The van der Waals surface area contributed by atoms with Crippen molar-refractivity contribution in [1.29, 1.82) is 0 Å². The number of nitrogens with two attached hydrogens (primary N) is 1. The number of hydrogen-bond acceptors (Lipinski definition) is 7. The molecule has 0 fully saturated rings. The lowest BCUT2D eigenvalue weighted by Crippen LogP contribution is -2.04. The summed E-state index contributed by atoms with van der Waals surface area (Å²) >= 11 is 3.20. The number of methoxy groups -OCH3 is 2. The fourth-order valence-corrected chi connectivity index (χ4v) is 5.66. The number of carbonyl (C=O) groups is 1. The minimum absolute atomic E-state index is 0.359. The third-order valence-corrected chi connectivity index (χ3v) is 7.47. The summed E-state index contributed by atoms with van der Waals surface area (Å²) in [5.74, 6) is -0.00149. The predicted octanol–water partition coefficient (Wildman–Crippen LogP) is 6.74. The number of benzene rings is 2. The Labute approximate surface area is 199 Å². The molecule has 7 heteroatoms. The first-order valence-corrected chi connectivity index (χ1v) is 11.9. The predicted molar refractivity (Wildman–Crippen MR) is 136 cm³/mol. The van der Waals surface area contributed by atoms with Crippen molar-refractivity contribution >= 4 is 44.5 Å². The summed E-state index contributed by atoms with van der Waals surface area (Å²) in [6, 6.07) is 21.7. The molecule has 0 unspecified atom stereocenters. The molecule has 0 spiro atoms. The van der Waals surface area contributed by atoms with Gasteiger partial charge in [0.25, 0.3) is 0 Å². The van der Waals surface area contributed by atoms with Crippen molar-refractivity contribution in [1.82, 2.24) is 4.98 Å². The Bertz CT molecular complexity index is 1460. The number of ether oxygens (including phenoxy) is 2. The van der Waals surface area contributed by atoms with Gasteiger partial charge in [0.2, 0.25) is 0 Å². The number of aromatic nitrogens is 1. The zero-order chi connectivity index (χ0) is 22.9. The molecule has 0 amide bonds. The van der Waals surface area contributed by atoms with Crippen LogP contribution in [0, 0.1) is 0 Å². The van der Waals surface area contributed by atoms with Crippen molar-refractivity contribution < 1.29 is 14.3 Å². The first-order chi connectivity index (χ1) is 16.1. The number of fused-ring (bicyclic) bond motifs is 1.